The Bertz CT molecular complexity index is 524. The molecule has 1 aromatic heterocycles. The third-order valence-electron chi connectivity index (χ3n) is 2.51. The van der Waals surface area contributed by atoms with Gasteiger partial charge in [-0.25, -0.2) is 19.2 Å². The van der Waals surface area contributed by atoms with E-state index >= 15 is 0 Å². The predicted molar refractivity (Wildman–Crippen MR) is 73.2 cm³/mol. The van der Waals surface area contributed by atoms with Gasteiger partial charge >= 0.3 is 0 Å². The van der Waals surface area contributed by atoms with Crippen LogP contribution >= 0.6 is 11.6 Å². The fourth-order valence-electron chi connectivity index (χ4n) is 1.51. The predicted octanol–water partition coefficient (Wildman–Crippen LogP) is 0.414. The van der Waals surface area contributed by atoms with E-state index in [0.717, 1.165) is 0 Å². The number of nitrogens with one attached hydrogen (secondary N) is 1. The third kappa shape index (κ3) is 3.77. The van der Waals surface area contributed by atoms with Crippen LogP contribution in [-0.2, 0) is 10.0 Å². The number of pyridine rings is 1. The van der Waals surface area contributed by atoms with E-state index in [1.54, 1.807) is 6.92 Å². The highest BCUT2D eigenvalue weighted by atomic mass is 35.5. The number of hydrogen-bond acceptors (Lipinski definition) is 6. The molecular formula is C10H17ClN4O3S. The van der Waals surface area contributed by atoms with E-state index in [9.17, 15) is 8.42 Å². The zero-order valence-electron chi connectivity index (χ0n) is 10.5. The molecular weight excluding hydrogens is 292 g/mol. The Morgan fingerprint density at radius 3 is 2.74 bits per heavy atom. The van der Waals surface area contributed by atoms with Crippen LogP contribution in [0.1, 0.15) is 13.3 Å². The first kappa shape index (κ1) is 16.1. The van der Waals surface area contributed by atoms with Gasteiger partial charge in [0, 0.05) is 25.9 Å². The molecule has 0 aliphatic rings. The van der Waals surface area contributed by atoms with Gasteiger partial charge in [-0.3, -0.25) is 0 Å². The van der Waals surface area contributed by atoms with Crippen molar-refractivity contribution in [2.75, 3.05) is 25.1 Å². The number of nitrogen functional groups attached to an aromatic ring is 1. The number of halogens is 1. The summed E-state index contributed by atoms with van der Waals surface area (Å²) in [6.07, 6.45) is 1.56. The van der Waals surface area contributed by atoms with E-state index in [0.29, 0.717) is 13.0 Å². The van der Waals surface area contributed by atoms with E-state index in [-0.39, 0.29) is 28.9 Å². The van der Waals surface area contributed by atoms with Crippen molar-refractivity contribution in [2.24, 2.45) is 5.84 Å². The summed E-state index contributed by atoms with van der Waals surface area (Å²) >= 11 is 5.86. The van der Waals surface area contributed by atoms with Crippen LogP contribution in [-0.4, -0.2) is 42.5 Å². The molecule has 0 saturated carbocycles. The van der Waals surface area contributed by atoms with Crippen molar-refractivity contribution in [1.29, 1.82) is 0 Å². The van der Waals surface area contributed by atoms with Crippen molar-refractivity contribution in [1.82, 2.24) is 9.29 Å². The van der Waals surface area contributed by atoms with Gasteiger partial charge in [-0.05, 0) is 12.5 Å². The number of nitrogens with zero attached hydrogens (tertiary/aromatic N) is 2. The molecule has 1 rings (SSSR count). The van der Waals surface area contributed by atoms with E-state index in [2.05, 4.69) is 10.4 Å². The van der Waals surface area contributed by atoms with Gasteiger partial charge in [0.15, 0.2) is 5.82 Å². The van der Waals surface area contributed by atoms with Crippen LogP contribution in [0.3, 0.4) is 0 Å². The van der Waals surface area contributed by atoms with Crippen LogP contribution in [0.2, 0.25) is 5.02 Å². The summed E-state index contributed by atoms with van der Waals surface area (Å²) in [5.74, 6) is 5.38. The van der Waals surface area contributed by atoms with Gasteiger partial charge in [0.25, 0.3) is 0 Å². The highest BCUT2D eigenvalue weighted by Gasteiger charge is 2.23. The van der Waals surface area contributed by atoms with Crippen molar-refractivity contribution in [3.8, 4) is 0 Å². The quantitative estimate of drug-likeness (QED) is 0.497. The first-order valence-corrected chi connectivity index (χ1v) is 7.52. The van der Waals surface area contributed by atoms with Gasteiger partial charge in [-0.2, -0.15) is 4.31 Å². The summed E-state index contributed by atoms with van der Waals surface area (Å²) < 4.78 is 25.9. The topological polar surface area (TPSA) is 109 Å². The number of aliphatic hydroxyl groups excluding tert-OH is 1. The molecule has 4 N–H and O–H groups in total. The maximum atomic E-state index is 12.3. The number of hydrazine groups is 1. The second-order valence-corrected chi connectivity index (χ2v) is 6.06. The molecule has 0 saturated heterocycles. The number of nitrogens with two attached hydrogens (primary N) is 1. The second-order valence-electron chi connectivity index (χ2n) is 3.72. The number of sulfonamides is 1. The fraction of sp³-hybridized carbons (Fsp3) is 0.500. The van der Waals surface area contributed by atoms with Crippen LogP contribution in [0.25, 0.3) is 0 Å². The van der Waals surface area contributed by atoms with Gasteiger partial charge < -0.3 is 10.5 Å². The summed E-state index contributed by atoms with van der Waals surface area (Å²) in [5, 5.41) is 8.91. The zero-order valence-corrected chi connectivity index (χ0v) is 12.1. The molecule has 0 fully saturated rings. The van der Waals surface area contributed by atoms with Crippen molar-refractivity contribution in [3.63, 3.8) is 0 Å². The average molecular weight is 309 g/mol. The molecule has 0 radical (unpaired) electrons. The van der Waals surface area contributed by atoms with E-state index in [1.807, 2.05) is 0 Å². The Labute approximate surface area is 117 Å². The lowest BCUT2D eigenvalue weighted by atomic mass is 10.4. The minimum absolute atomic E-state index is 0.00344. The van der Waals surface area contributed by atoms with Gasteiger partial charge in [0.2, 0.25) is 10.0 Å². The van der Waals surface area contributed by atoms with Gasteiger partial charge in [0.05, 0.1) is 5.02 Å². The second kappa shape index (κ2) is 7.01. The third-order valence-corrected chi connectivity index (χ3v) is 4.74. The summed E-state index contributed by atoms with van der Waals surface area (Å²) in [4.78, 5) is 3.83. The molecule has 0 amide bonds. The Kier molecular flexibility index (Phi) is 5.95. The highest BCUT2D eigenvalue weighted by Crippen LogP contribution is 2.23. The molecule has 0 spiro atoms. The maximum absolute atomic E-state index is 12.3. The SMILES string of the molecule is CCN(CCCO)S(=O)(=O)c1cnc(NN)c(Cl)c1. The lowest BCUT2D eigenvalue weighted by molar-refractivity contribution is 0.271. The number of aliphatic hydroxyl groups is 1. The Morgan fingerprint density at radius 2 is 2.26 bits per heavy atom. The highest BCUT2D eigenvalue weighted by molar-refractivity contribution is 7.89. The van der Waals surface area contributed by atoms with Crippen molar-refractivity contribution in [2.45, 2.75) is 18.2 Å². The van der Waals surface area contributed by atoms with E-state index in [1.165, 1.54) is 16.6 Å². The monoisotopic (exact) mass is 308 g/mol. The van der Waals surface area contributed by atoms with Crippen molar-refractivity contribution >= 4 is 27.4 Å². The maximum Gasteiger partial charge on any atom is 0.244 e. The molecule has 9 heteroatoms. The average Bonchev–Trinajstić information content (AvgIpc) is 2.39. The van der Waals surface area contributed by atoms with Crippen LogP contribution in [0, 0.1) is 0 Å². The molecule has 108 valence electrons. The standard InChI is InChI=1S/C10H17ClN4O3S/c1-2-15(4-3-5-16)19(17,18)8-6-9(11)10(14-12)13-7-8/h6-7,16H,2-5,12H2,1H3,(H,13,14). The van der Waals surface area contributed by atoms with Crippen molar-refractivity contribution < 1.29 is 13.5 Å². The van der Waals surface area contributed by atoms with Gasteiger partial charge in [0.1, 0.15) is 4.90 Å². The Morgan fingerprint density at radius 1 is 1.58 bits per heavy atom. The van der Waals surface area contributed by atoms with Gasteiger partial charge in [-0.1, -0.05) is 18.5 Å². The first-order chi connectivity index (χ1) is 8.97. The largest absolute Gasteiger partial charge is 0.396 e. The summed E-state index contributed by atoms with van der Waals surface area (Å²) in [7, 11) is -3.66. The molecule has 0 aliphatic carbocycles. The molecule has 0 aliphatic heterocycles. The van der Waals surface area contributed by atoms with Crippen LogP contribution in [0.5, 0.6) is 0 Å². The molecule has 0 bridgehead atoms. The molecule has 0 unspecified atom stereocenters. The van der Waals surface area contributed by atoms with Crippen molar-refractivity contribution in [3.05, 3.63) is 17.3 Å². The normalized spacial score (nSPS) is 11.8. The molecule has 19 heavy (non-hydrogen) atoms. The molecule has 0 atom stereocenters. The minimum Gasteiger partial charge on any atom is -0.396 e. The van der Waals surface area contributed by atoms with Gasteiger partial charge in [-0.15, -0.1) is 0 Å². The van der Waals surface area contributed by atoms with E-state index in [4.69, 9.17) is 22.6 Å². The molecule has 7 nitrogen and oxygen atoms in total. The molecule has 1 aromatic rings. The number of anilines is 1. The first-order valence-electron chi connectivity index (χ1n) is 5.70. The van der Waals surface area contributed by atoms with Crippen LogP contribution < -0.4 is 11.3 Å². The number of hydrogen-bond donors (Lipinski definition) is 3. The minimum atomic E-state index is -3.66. The zero-order chi connectivity index (χ0) is 14.5. The Balaban J connectivity index is 3.07. The fourth-order valence-corrected chi connectivity index (χ4v) is 3.26. The lowest BCUT2D eigenvalue weighted by Crippen LogP contribution is -2.32. The van der Waals surface area contributed by atoms with E-state index < -0.39 is 10.0 Å². The van der Waals surface area contributed by atoms with Crippen LogP contribution in [0.15, 0.2) is 17.2 Å². The lowest BCUT2D eigenvalue weighted by Gasteiger charge is -2.20. The summed E-state index contributed by atoms with van der Waals surface area (Å²) in [6.45, 7) is 2.20. The summed E-state index contributed by atoms with van der Waals surface area (Å²) in [5.41, 5.74) is 2.27. The summed E-state index contributed by atoms with van der Waals surface area (Å²) in [6, 6.07) is 1.29. The van der Waals surface area contributed by atoms with Crippen LogP contribution in [0.4, 0.5) is 5.82 Å². The molecule has 0 aromatic carbocycles. The number of aromatic nitrogens is 1. The smallest absolute Gasteiger partial charge is 0.244 e. The molecule has 1 heterocycles. The Hall–Kier alpha value is -0.930. The number of rotatable bonds is 7.